The predicted molar refractivity (Wildman–Crippen MR) is 98.6 cm³/mol. The van der Waals surface area contributed by atoms with Gasteiger partial charge in [0.25, 0.3) is 0 Å². The lowest BCUT2D eigenvalue weighted by atomic mass is 10.1. The first kappa shape index (κ1) is 21.4. The zero-order valence-electron chi connectivity index (χ0n) is 15.8. The fourth-order valence-electron chi connectivity index (χ4n) is 2.10. The highest BCUT2D eigenvalue weighted by molar-refractivity contribution is 6.00. The minimum atomic E-state index is -1.38. The smallest absolute Gasteiger partial charge is 0.478 e. The van der Waals surface area contributed by atoms with E-state index in [1.165, 1.54) is 24.3 Å². The van der Waals surface area contributed by atoms with Crippen LogP contribution >= 0.6 is 0 Å². The van der Waals surface area contributed by atoms with E-state index in [4.69, 9.17) is 24.4 Å². The number of ether oxygens (including phenoxy) is 3. The van der Waals surface area contributed by atoms with Crippen LogP contribution in [0.2, 0.25) is 0 Å². The number of hydrogen-bond acceptors (Lipinski definition) is 7. The van der Waals surface area contributed by atoms with Gasteiger partial charge in [0.05, 0.1) is 16.7 Å². The maximum absolute atomic E-state index is 12.3. The molecule has 0 bridgehead atoms. The molecule has 0 aliphatic heterocycles. The fraction of sp³-hybridized carbons (Fsp3) is 0.200. The van der Waals surface area contributed by atoms with Gasteiger partial charge in [-0.05, 0) is 63.2 Å². The average Bonchev–Trinajstić information content (AvgIpc) is 2.61. The van der Waals surface area contributed by atoms with Gasteiger partial charge >= 0.3 is 24.1 Å². The summed E-state index contributed by atoms with van der Waals surface area (Å²) in [6.45, 7) is 5.06. The number of carboxylic acid groups (broad SMARTS) is 2. The molecule has 0 saturated heterocycles. The van der Waals surface area contributed by atoms with Crippen LogP contribution in [0.15, 0.2) is 42.5 Å². The van der Waals surface area contributed by atoms with E-state index in [0.717, 1.165) is 18.2 Å². The van der Waals surface area contributed by atoms with Crippen molar-refractivity contribution < 1.29 is 43.6 Å². The molecule has 0 aromatic heterocycles. The average molecular weight is 402 g/mol. The molecule has 2 aromatic carbocycles. The highest BCUT2D eigenvalue weighted by Gasteiger charge is 2.19. The number of benzene rings is 2. The standard InChI is InChI=1S/C20H18O9/c1-20(2,3)29-19(26)28-15-6-4-14(5-7-15)27-18(25)13-9-11(16(21)22)8-12(10-13)17(23)24/h4-10H,1-3H3,(H,21,22)(H,23,24). The molecule has 29 heavy (non-hydrogen) atoms. The molecule has 2 aromatic rings. The molecule has 9 nitrogen and oxygen atoms in total. The second-order valence-electron chi connectivity index (χ2n) is 6.84. The van der Waals surface area contributed by atoms with Gasteiger partial charge in [0, 0.05) is 0 Å². The minimum absolute atomic E-state index is 0.0733. The second-order valence-corrected chi connectivity index (χ2v) is 6.84. The van der Waals surface area contributed by atoms with Crippen LogP contribution in [0, 0.1) is 0 Å². The van der Waals surface area contributed by atoms with Crippen molar-refractivity contribution in [2.45, 2.75) is 26.4 Å². The van der Waals surface area contributed by atoms with Crippen LogP contribution < -0.4 is 9.47 Å². The summed E-state index contributed by atoms with van der Waals surface area (Å²) in [7, 11) is 0. The van der Waals surface area contributed by atoms with E-state index in [2.05, 4.69) is 0 Å². The zero-order valence-corrected chi connectivity index (χ0v) is 15.8. The van der Waals surface area contributed by atoms with Crippen LogP contribution in [0.5, 0.6) is 11.5 Å². The maximum Gasteiger partial charge on any atom is 0.514 e. The molecule has 0 fully saturated rings. The monoisotopic (exact) mass is 402 g/mol. The third-order valence-electron chi connectivity index (χ3n) is 3.29. The van der Waals surface area contributed by atoms with Gasteiger partial charge in [-0.15, -0.1) is 0 Å². The molecule has 0 saturated carbocycles. The van der Waals surface area contributed by atoms with Crippen molar-refractivity contribution in [3.8, 4) is 11.5 Å². The van der Waals surface area contributed by atoms with Crippen molar-refractivity contribution in [2.75, 3.05) is 0 Å². The third kappa shape index (κ3) is 6.35. The van der Waals surface area contributed by atoms with Gasteiger partial charge in [-0.1, -0.05) is 0 Å². The van der Waals surface area contributed by atoms with Crippen LogP contribution in [0.4, 0.5) is 4.79 Å². The molecule has 0 radical (unpaired) electrons. The Morgan fingerprint density at radius 3 is 1.55 bits per heavy atom. The Hall–Kier alpha value is -3.88. The molecule has 2 N–H and O–H groups in total. The molecule has 0 spiro atoms. The van der Waals surface area contributed by atoms with Crippen LogP contribution in [-0.2, 0) is 4.74 Å². The number of esters is 1. The first-order chi connectivity index (χ1) is 13.4. The Balaban J connectivity index is 2.12. The lowest BCUT2D eigenvalue weighted by Crippen LogP contribution is -2.25. The molecule has 9 heteroatoms. The summed E-state index contributed by atoms with van der Waals surface area (Å²) in [5, 5.41) is 18.1. The Morgan fingerprint density at radius 2 is 1.14 bits per heavy atom. The summed E-state index contributed by atoms with van der Waals surface area (Å²) < 4.78 is 15.1. The largest absolute Gasteiger partial charge is 0.514 e. The quantitative estimate of drug-likeness (QED) is 0.436. The fourth-order valence-corrected chi connectivity index (χ4v) is 2.10. The topological polar surface area (TPSA) is 136 Å². The summed E-state index contributed by atoms with van der Waals surface area (Å²) in [6.07, 6.45) is -0.895. The zero-order chi connectivity index (χ0) is 21.8. The lowest BCUT2D eigenvalue weighted by Gasteiger charge is -2.18. The number of rotatable bonds is 5. The summed E-state index contributed by atoms with van der Waals surface area (Å²) in [5.74, 6) is -3.49. The van der Waals surface area contributed by atoms with E-state index < -0.39 is 29.7 Å². The summed E-state index contributed by atoms with van der Waals surface area (Å²) in [4.78, 5) is 46.1. The van der Waals surface area contributed by atoms with Crippen LogP contribution in [0.1, 0.15) is 51.8 Å². The molecular formula is C20H18O9. The number of carbonyl (C=O) groups is 4. The predicted octanol–water partition coefficient (Wildman–Crippen LogP) is 3.62. The van der Waals surface area contributed by atoms with Gasteiger partial charge < -0.3 is 24.4 Å². The van der Waals surface area contributed by atoms with Gasteiger partial charge in [-0.3, -0.25) is 0 Å². The van der Waals surface area contributed by atoms with E-state index in [1.807, 2.05) is 0 Å². The highest BCUT2D eigenvalue weighted by Crippen LogP contribution is 2.21. The van der Waals surface area contributed by atoms with E-state index in [1.54, 1.807) is 20.8 Å². The summed E-state index contributed by atoms with van der Waals surface area (Å²) in [6, 6.07) is 8.37. The van der Waals surface area contributed by atoms with E-state index in [0.29, 0.717) is 0 Å². The number of aromatic carboxylic acids is 2. The molecule has 0 atom stereocenters. The van der Waals surface area contributed by atoms with Crippen molar-refractivity contribution in [2.24, 2.45) is 0 Å². The van der Waals surface area contributed by atoms with Gasteiger partial charge in [0.15, 0.2) is 0 Å². The van der Waals surface area contributed by atoms with Crippen LogP contribution in [0.3, 0.4) is 0 Å². The first-order valence-corrected chi connectivity index (χ1v) is 8.29. The van der Waals surface area contributed by atoms with Gasteiger partial charge in [-0.25, -0.2) is 19.2 Å². The Labute approximate surface area is 165 Å². The highest BCUT2D eigenvalue weighted by atomic mass is 16.7. The summed E-state index contributed by atoms with van der Waals surface area (Å²) in [5.41, 5.74) is -1.68. The van der Waals surface area contributed by atoms with Crippen molar-refractivity contribution >= 4 is 24.1 Å². The lowest BCUT2D eigenvalue weighted by molar-refractivity contribution is 0.0205. The molecule has 2 rings (SSSR count). The SMILES string of the molecule is CC(C)(C)OC(=O)Oc1ccc(OC(=O)c2cc(C(=O)O)cc(C(=O)O)c2)cc1. The van der Waals surface area contributed by atoms with Crippen molar-refractivity contribution in [3.63, 3.8) is 0 Å². The molecule has 0 unspecified atom stereocenters. The van der Waals surface area contributed by atoms with Crippen LogP contribution in [-0.4, -0.2) is 39.9 Å². The maximum atomic E-state index is 12.3. The molecule has 0 aliphatic rings. The molecular weight excluding hydrogens is 384 g/mol. The van der Waals surface area contributed by atoms with Crippen LogP contribution in [0.25, 0.3) is 0 Å². The van der Waals surface area contributed by atoms with E-state index in [9.17, 15) is 19.2 Å². The molecule has 0 amide bonds. The van der Waals surface area contributed by atoms with Crippen molar-refractivity contribution in [1.82, 2.24) is 0 Å². The number of carbonyl (C=O) groups excluding carboxylic acids is 2. The Bertz CT molecular complexity index is 921. The number of carboxylic acids is 2. The molecule has 152 valence electrons. The van der Waals surface area contributed by atoms with Crippen molar-refractivity contribution in [3.05, 3.63) is 59.2 Å². The second kappa shape index (κ2) is 8.42. The van der Waals surface area contributed by atoms with Gasteiger partial charge in [-0.2, -0.15) is 0 Å². The minimum Gasteiger partial charge on any atom is -0.478 e. The molecule has 0 aliphatic carbocycles. The van der Waals surface area contributed by atoms with Crippen molar-refractivity contribution in [1.29, 1.82) is 0 Å². The van der Waals surface area contributed by atoms with Gasteiger partial charge in [0.2, 0.25) is 0 Å². The molecule has 0 heterocycles. The number of hydrogen-bond donors (Lipinski definition) is 2. The normalized spacial score (nSPS) is 10.7. The summed E-state index contributed by atoms with van der Waals surface area (Å²) >= 11 is 0. The van der Waals surface area contributed by atoms with Gasteiger partial charge in [0.1, 0.15) is 17.1 Å². The van der Waals surface area contributed by atoms with E-state index in [-0.39, 0.29) is 28.2 Å². The third-order valence-corrected chi connectivity index (χ3v) is 3.29. The Morgan fingerprint density at radius 1 is 0.724 bits per heavy atom. The Kier molecular flexibility index (Phi) is 6.22. The van der Waals surface area contributed by atoms with E-state index >= 15 is 0 Å². The first-order valence-electron chi connectivity index (χ1n) is 8.29.